The number of amides is 2. The minimum absolute atomic E-state index is 0.206. The summed E-state index contributed by atoms with van der Waals surface area (Å²) in [5.74, 6) is 0.258. The number of anilines is 1. The van der Waals surface area contributed by atoms with Gasteiger partial charge in [-0.05, 0) is 23.6 Å². The van der Waals surface area contributed by atoms with E-state index in [4.69, 9.17) is 5.41 Å². The number of carbonyl (C=O) groups is 1. The van der Waals surface area contributed by atoms with Gasteiger partial charge in [-0.2, -0.15) is 0 Å². The quantitative estimate of drug-likeness (QED) is 0.783. The third-order valence-electron chi connectivity index (χ3n) is 3.77. The number of rotatable bonds is 1. The van der Waals surface area contributed by atoms with E-state index < -0.39 is 0 Å². The van der Waals surface area contributed by atoms with Crippen molar-refractivity contribution in [3.8, 4) is 0 Å². The van der Waals surface area contributed by atoms with Crippen molar-refractivity contribution < 1.29 is 4.79 Å². The van der Waals surface area contributed by atoms with Gasteiger partial charge in [-0.25, -0.2) is 4.79 Å². The molecular formula is C13H16N4O. The van der Waals surface area contributed by atoms with Gasteiger partial charge in [-0.1, -0.05) is 12.1 Å². The van der Waals surface area contributed by atoms with E-state index in [2.05, 4.69) is 29.4 Å². The lowest BCUT2D eigenvalue weighted by molar-refractivity contribution is 0.217. The van der Waals surface area contributed by atoms with Crippen LogP contribution in [-0.2, 0) is 6.42 Å². The summed E-state index contributed by atoms with van der Waals surface area (Å²) in [6.07, 6.45) is 1.03. The Kier molecular flexibility index (Phi) is 2.29. The Morgan fingerprint density at radius 1 is 1.39 bits per heavy atom. The fourth-order valence-electron chi connectivity index (χ4n) is 2.73. The number of benzene rings is 1. The second-order valence-corrected chi connectivity index (χ2v) is 4.92. The number of fused-ring (bicyclic) bond motifs is 1. The second kappa shape index (κ2) is 3.73. The summed E-state index contributed by atoms with van der Waals surface area (Å²) < 4.78 is 0. The maximum Gasteiger partial charge on any atom is 0.323 e. The minimum Gasteiger partial charge on any atom is -0.374 e. The van der Waals surface area contributed by atoms with Gasteiger partial charge < -0.3 is 9.80 Å². The fraction of sp³-hybridized carbons (Fsp3) is 0.385. The molecule has 1 aromatic carbocycles. The van der Waals surface area contributed by atoms with E-state index in [1.54, 1.807) is 11.9 Å². The van der Waals surface area contributed by atoms with E-state index in [-0.39, 0.29) is 17.9 Å². The van der Waals surface area contributed by atoms with Crippen LogP contribution in [0.25, 0.3) is 0 Å². The van der Waals surface area contributed by atoms with Crippen molar-refractivity contribution in [2.75, 3.05) is 25.5 Å². The van der Waals surface area contributed by atoms with E-state index in [0.717, 1.165) is 18.5 Å². The topological polar surface area (TPSA) is 59.4 Å². The highest BCUT2D eigenvalue weighted by atomic mass is 16.2. The maximum absolute atomic E-state index is 11.5. The maximum atomic E-state index is 11.5. The summed E-state index contributed by atoms with van der Waals surface area (Å²) in [5.41, 5.74) is 3.57. The Morgan fingerprint density at radius 2 is 2.17 bits per heavy atom. The number of likely N-dealkylation sites (N-methyl/N-ethyl adjacent to an activating group) is 2. The van der Waals surface area contributed by atoms with Gasteiger partial charge in [0, 0.05) is 26.3 Å². The molecule has 2 amide bonds. The van der Waals surface area contributed by atoms with Gasteiger partial charge in [0.25, 0.3) is 0 Å². The standard InChI is InChI=1S/C13H16N4O/c1-16-6-5-8-7-9(3-4-10(8)16)11-12(14)15-13(18)17(11)2/h3-4,7,11H,5-6H2,1-2H3,(H2,14,15,18). The molecule has 1 fully saturated rings. The predicted octanol–water partition coefficient (Wildman–Crippen LogP) is 1.35. The minimum atomic E-state index is -0.270. The van der Waals surface area contributed by atoms with Gasteiger partial charge in [0.2, 0.25) is 0 Å². The molecule has 0 spiro atoms. The van der Waals surface area contributed by atoms with Crippen LogP contribution in [0.1, 0.15) is 17.2 Å². The Bertz CT molecular complexity index is 540. The Balaban J connectivity index is 1.99. The van der Waals surface area contributed by atoms with Crippen molar-refractivity contribution in [3.63, 3.8) is 0 Å². The molecule has 1 aromatic rings. The SMILES string of the molecule is CN1CCc2cc(C3C(=N)NC(=O)N3C)ccc21. The molecule has 0 aliphatic carbocycles. The largest absolute Gasteiger partial charge is 0.374 e. The lowest BCUT2D eigenvalue weighted by Gasteiger charge is -2.19. The molecule has 0 aromatic heterocycles. The average molecular weight is 244 g/mol. The van der Waals surface area contributed by atoms with E-state index in [9.17, 15) is 4.79 Å². The predicted molar refractivity (Wildman–Crippen MR) is 70.2 cm³/mol. The van der Waals surface area contributed by atoms with Crippen LogP contribution in [0.3, 0.4) is 0 Å². The molecular weight excluding hydrogens is 228 g/mol. The average Bonchev–Trinajstić information content (AvgIpc) is 2.81. The van der Waals surface area contributed by atoms with Crippen molar-refractivity contribution in [2.45, 2.75) is 12.5 Å². The van der Waals surface area contributed by atoms with Crippen LogP contribution in [0.2, 0.25) is 0 Å². The molecule has 2 aliphatic heterocycles. The summed E-state index contributed by atoms with van der Waals surface area (Å²) in [4.78, 5) is 15.3. The molecule has 0 radical (unpaired) electrons. The smallest absolute Gasteiger partial charge is 0.323 e. The van der Waals surface area contributed by atoms with E-state index in [1.807, 2.05) is 6.07 Å². The molecule has 18 heavy (non-hydrogen) atoms. The first-order valence-corrected chi connectivity index (χ1v) is 6.04. The highest BCUT2D eigenvalue weighted by Crippen LogP contribution is 2.32. The van der Waals surface area contributed by atoms with Crippen molar-refractivity contribution in [3.05, 3.63) is 29.3 Å². The van der Waals surface area contributed by atoms with Gasteiger partial charge in [0.05, 0.1) is 0 Å². The third kappa shape index (κ3) is 1.47. The monoisotopic (exact) mass is 244 g/mol. The van der Waals surface area contributed by atoms with E-state index >= 15 is 0 Å². The number of amidine groups is 1. The van der Waals surface area contributed by atoms with Crippen molar-refractivity contribution >= 4 is 17.6 Å². The molecule has 1 atom stereocenters. The lowest BCUT2D eigenvalue weighted by atomic mass is 10.0. The summed E-state index contributed by atoms with van der Waals surface area (Å²) in [5, 5.41) is 10.4. The first kappa shape index (κ1) is 11.1. The van der Waals surface area contributed by atoms with Gasteiger partial charge in [-0.15, -0.1) is 0 Å². The number of nitrogens with zero attached hydrogens (tertiary/aromatic N) is 2. The van der Waals surface area contributed by atoms with Crippen molar-refractivity contribution in [1.29, 1.82) is 5.41 Å². The molecule has 1 unspecified atom stereocenters. The number of hydrogen-bond donors (Lipinski definition) is 2. The number of hydrogen-bond acceptors (Lipinski definition) is 3. The fourth-order valence-corrected chi connectivity index (χ4v) is 2.73. The van der Waals surface area contributed by atoms with Gasteiger partial charge in [0.15, 0.2) is 0 Å². The normalized spacial score (nSPS) is 22.4. The number of nitrogens with one attached hydrogen (secondary N) is 2. The highest BCUT2D eigenvalue weighted by molar-refractivity contribution is 6.05. The highest BCUT2D eigenvalue weighted by Gasteiger charge is 2.34. The molecule has 94 valence electrons. The van der Waals surface area contributed by atoms with Crippen LogP contribution < -0.4 is 10.2 Å². The van der Waals surface area contributed by atoms with E-state index in [0.29, 0.717) is 0 Å². The lowest BCUT2D eigenvalue weighted by Crippen LogP contribution is -2.25. The zero-order valence-electron chi connectivity index (χ0n) is 10.5. The molecule has 0 bridgehead atoms. The molecule has 2 aliphatic rings. The molecule has 0 saturated carbocycles. The zero-order chi connectivity index (χ0) is 12.9. The first-order valence-electron chi connectivity index (χ1n) is 6.04. The summed E-state index contributed by atoms with van der Waals surface area (Å²) in [7, 11) is 3.81. The van der Waals surface area contributed by atoms with Crippen molar-refractivity contribution in [2.24, 2.45) is 0 Å². The van der Waals surface area contributed by atoms with Gasteiger partial charge in [0.1, 0.15) is 11.9 Å². The van der Waals surface area contributed by atoms with Crippen LogP contribution in [0, 0.1) is 5.41 Å². The van der Waals surface area contributed by atoms with Crippen molar-refractivity contribution in [1.82, 2.24) is 10.2 Å². The first-order chi connectivity index (χ1) is 8.58. The molecule has 2 heterocycles. The third-order valence-corrected chi connectivity index (χ3v) is 3.77. The summed E-state index contributed by atoms with van der Waals surface area (Å²) >= 11 is 0. The van der Waals surface area contributed by atoms with Crippen LogP contribution in [0.15, 0.2) is 18.2 Å². The second-order valence-electron chi connectivity index (χ2n) is 4.92. The van der Waals surface area contributed by atoms with Crippen LogP contribution in [0.5, 0.6) is 0 Å². The zero-order valence-corrected chi connectivity index (χ0v) is 10.5. The Morgan fingerprint density at radius 3 is 2.83 bits per heavy atom. The molecule has 2 N–H and O–H groups in total. The molecule has 1 saturated heterocycles. The van der Waals surface area contributed by atoms with Gasteiger partial charge in [-0.3, -0.25) is 10.7 Å². The molecule has 3 rings (SSSR count). The Hall–Kier alpha value is -2.04. The number of urea groups is 1. The van der Waals surface area contributed by atoms with Crippen LogP contribution in [0.4, 0.5) is 10.5 Å². The molecule has 5 heteroatoms. The van der Waals surface area contributed by atoms with Crippen LogP contribution in [-0.4, -0.2) is 37.4 Å². The summed E-state index contributed by atoms with van der Waals surface area (Å²) in [6, 6.07) is 5.74. The molecule has 5 nitrogen and oxygen atoms in total. The van der Waals surface area contributed by atoms with Crippen LogP contribution >= 0.6 is 0 Å². The summed E-state index contributed by atoms with van der Waals surface area (Å²) in [6.45, 7) is 1.04. The Labute approximate surface area is 106 Å². The number of carbonyl (C=O) groups excluding carboxylic acids is 1. The van der Waals surface area contributed by atoms with Gasteiger partial charge >= 0.3 is 6.03 Å². The van der Waals surface area contributed by atoms with E-state index in [1.165, 1.54) is 11.3 Å².